The lowest BCUT2D eigenvalue weighted by Crippen LogP contribution is -2.50. The van der Waals surface area contributed by atoms with Crippen LogP contribution in [0.5, 0.6) is 0 Å². The van der Waals surface area contributed by atoms with Crippen LogP contribution in [0.25, 0.3) is 0 Å². The molecule has 132 valence electrons. The molecule has 3 nitrogen and oxygen atoms in total. The standard InChI is InChI=1S/C22H26O3/c23-21(14-8-2-1-3-9-14)19-17-12-6-4-10-15(17)16-11-5-7-13-18(16)20(19)22(24)25/h1-3,8-9,17-20H,4-7,10-13H2,(H,24,25)/p-1/t17-,18-,19-,20-/m0/s1. The average molecular weight is 337 g/mol. The summed E-state index contributed by atoms with van der Waals surface area (Å²) in [7, 11) is 0. The largest absolute Gasteiger partial charge is 0.550 e. The van der Waals surface area contributed by atoms with E-state index in [0.717, 1.165) is 44.9 Å². The van der Waals surface area contributed by atoms with Gasteiger partial charge < -0.3 is 9.90 Å². The molecule has 0 aromatic heterocycles. The van der Waals surface area contributed by atoms with E-state index in [-0.39, 0.29) is 17.6 Å². The second-order valence-corrected chi connectivity index (χ2v) is 7.86. The molecule has 0 unspecified atom stereocenters. The Morgan fingerprint density at radius 1 is 0.800 bits per heavy atom. The lowest BCUT2D eigenvalue weighted by molar-refractivity contribution is -0.315. The number of fused-ring (bicyclic) bond motifs is 2. The molecule has 4 rings (SSSR count). The third-order valence-electron chi connectivity index (χ3n) is 6.62. The van der Waals surface area contributed by atoms with Crippen molar-refractivity contribution in [1.29, 1.82) is 0 Å². The number of carbonyl (C=O) groups excluding carboxylic acids is 2. The smallest absolute Gasteiger partial charge is 0.167 e. The summed E-state index contributed by atoms with van der Waals surface area (Å²) < 4.78 is 0. The van der Waals surface area contributed by atoms with Crippen molar-refractivity contribution in [2.24, 2.45) is 23.7 Å². The van der Waals surface area contributed by atoms with Crippen LogP contribution in [0.1, 0.15) is 61.7 Å². The van der Waals surface area contributed by atoms with E-state index in [9.17, 15) is 14.7 Å². The first kappa shape index (κ1) is 16.6. The lowest BCUT2D eigenvalue weighted by atomic mass is 9.56. The maximum absolute atomic E-state index is 13.3. The van der Waals surface area contributed by atoms with Crippen molar-refractivity contribution in [2.75, 3.05) is 0 Å². The van der Waals surface area contributed by atoms with Crippen molar-refractivity contribution in [1.82, 2.24) is 0 Å². The van der Waals surface area contributed by atoms with Gasteiger partial charge in [0, 0.05) is 23.4 Å². The van der Waals surface area contributed by atoms with Crippen LogP contribution in [-0.2, 0) is 4.79 Å². The molecule has 2 fully saturated rings. The molecule has 0 bridgehead atoms. The van der Waals surface area contributed by atoms with E-state index in [0.29, 0.717) is 5.56 Å². The summed E-state index contributed by atoms with van der Waals surface area (Å²) in [6.07, 6.45) is 8.37. The molecule has 0 N–H and O–H groups in total. The van der Waals surface area contributed by atoms with Gasteiger partial charge in [-0.2, -0.15) is 0 Å². The van der Waals surface area contributed by atoms with E-state index in [4.69, 9.17) is 0 Å². The predicted octanol–water partition coefficient (Wildman–Crippen LogP) is 3.54. The van der Waals surface area contributed by atoms with Crippen molar-refractivity contribution in [3.05, 3.63) is 47.0 Å². The van der Waals surface area contributed by atoms with E-state index in [1.54, 1.807) is 0 Å². The van der Waals surface area contributed by atoms with Crippen molar-refractivity contribution in [2.45, 2.75) is 51.4 Å². The van der Waals surface area contributed by atoms with Gasteiger partial charge >= 0.3 is 0 Å². The van der Waals surface area contributed by atoms with Gasteiger partial charge in [-0.3, -0.25) is 4.79 Å². The minimum absolute atomic E-state index is 0.00354. The topological polar surface area (TPSA) is 57.2 Å². The van der Waals surface area contributed by atoms with Gasteiger partial charge in [-0.25, -0.2) is 0 Å². The van der Waals surface area contributed by atoms with Gasteiger partial charge in [-0.05, 0) is 50.4 Å². The zero-order valence-electron chi connectivity index (χ0n) is 14.6. The predicted molar refractivity (Wildman–Crippen MR) is 93.7 cm³/mol. The van der Waals surface area contributed by atoms with Crippen LogP contribution < -0.4 is 5.11 Å². The fraction of sp³-hybridized carbons (Fsp3) is 0.545. The van der Waals surface area contributed by atoms with E-state index in [1.807, 2.05) is 30.3 Å². The summed E-state index contributed by atoms with van der Waals surface area (Å²) >= 11 is 0. The maximum Gasteiger partial charge on any atom is 0.167 e. The van der Waals surface area contributed by atoms with Gasteiger partial charge in [-0.1, -0.05) is 54.3 Å². The highest BCUT2D eigenvalue weighted by Gasteiger charge is 2.48. The number of carboxylic acids is 1. The number of rotatable bonds is 3. The second kappa shape index (κ2) is 6.78. The van der Waals surface area contributed by atoms with E-state index < -0.39 is 17.8 Å². The van der Waals surface area contributed by atoms with Crippen molar-refractivity contribution >= 4 is 11.8 Å². The van der Waals surface area contributed by atoms with Crippen LogP contribution >= 0.6 is 0 Å². The fourth-order valence-corrected chi connectivity index (χ4v) is 5.62. The Morgan fingerprint density at radius 3 is 1.92 bits per heavy atom. The summed E-state index contributed by atoms with van der Waals surface area (Å²) in [6.45, 7) is 0. The minimum Gasteiger partial charge on any atom is -0.550 e. The van der Waals surface area contributed by atoms with Crippen molar-refractivity contribution < 1.29 is 14.7 Å². The number of carbonyl (C=O) groups is 2. The monoisotopic (exact) mass is 337 g/mol. The third kappa shape index (κ3) is 2.84. The van der Waals surface area contributed by atoms with Crippen LogP contribution in [-0.4, -0.2) is 11.8 Å². The Labute approximate surface area is 149 Å². The maximum atomic E-state index is 13.3. The molecule has 1 aromatic rings. The molecular weight excluding hydrogens is 312 g/mol. The molecule has 2 saturated carbocycles. The van der Waals surface area contributed by atoms with Crippen molar-refractivity contribution in [3.8, 4) is 0 Å². The average Bonchev–Trinajstić information content (AvgIpc) is 2.67. The number of benzene rings is 1. The molecule has 3 aliphatic rings. The van der Waals surface area contributed by atoms with Crippen molar-refractivity contribution in [3.63, 3.8) is 0 Å². The van der Waals surface area contributed by atoms with E-state index in [1.165, 1.54) is 17.6 Å². The minimum atomic E-state index is -1.02. The quantitative estimate of drug-likeness (QED) is 0.626. The summed E-state index contributed by atoms with van der Waals surface area (Å²) in [6, 6.07) is 9.23. The Balaban J connectivity index is 1.81. The molecule has 0 radical (unpaired) electrons. The van der Waals surface area contributed by atoms with Gasteiger partial charge in [0.1, 0.15) is 0 Å². The third-order valence-corrected chi connectivity index (χ3v) is 6.62. The molecule has 3 aliphatic carbocycles. The number of carboxylic acid groups (broad SMARTS) is 1. The van der Waals surface area contributed by atoms with E-state index >= 15 is 0 Å². The van der Waals surface area contributed by atoms with Gasteiger partial charge in [-0.15, -0.1) is 0 Å². The first-order chi connectivity index (χ1) is 12.2. The van der Waals surface area contributed by atoms with Gasteiger partial charge in [0.05, 0.1) is 0 Å². The molecule has 0 amide bonds. The molecule has 3 heteroatoms. The molecule has 0 heterocycles. The molecule has 0 aliphatic heterocycles. The zero-order chi connectivity index (χ0) is 17.4. The number of Topliss-reactive ketones (excluding diaryl/α,β-unsaturated/α-hetero) is 1. The Kier molecular flexibility index (Phi) is 4.49. The first-order valence-corrected chi connectivity index (χ1v) is 9.70. The number of aliphatic carboxylic acids is 1. The van der Waals surface area contributed by atoms with Gasteiger partial charge in [0.2, 0.25) is 0 Å². The number of hydrogen-bond acceptors (Lipinski definition) is 3. The van der Waals surface area contributed by atoms with Gasteiger partial charge in [0.15, 0.2) is 5.78 Å². The highest BCUT2D eigenvalue weighted by atomic mass is 16.4. The summed E-state index contributed by atoms with van der Waals surface area (Å²) in [4.78, 5) is 25.5. The normalized spacial score (nSPS) is 31.8. The molecular formula is C22H25O3-. The highest BCUT2D eigenvalue weighted by Crippen LogP contribution is 2.53. The van der Waals surface area contributed by atoms with E-state index in [2.05, 4.69) is 0 Å². The lowest BCUT2D eigenvalue weighted by Gasteiger charge is -2.49. The number of allylic oxidation sites excluding steroid dienone is 2. The molecule has 0 saturated heterocycles. The highest BCUT2D eigenvalue weighted by molar-refractivity contribution is 6.00. The van der Waals surface area contributed by atoms with Crippen LogP contribution in [0.15, 0.2) is 41.5 Å². The molecule has 4 atom stereocenters. The Morgan fingerprint density at radius 2 is 1.36 bits per heavy atom. The summed E-state index contributed by atoms with van der Waals surface area (Å²) in [5.41, 5.74) is 3.45. The second-order valence-electron chi connectivity index (χ2n) is 7.86. The molecule has 0 spiro atoms. The zero-order valence-corrected chi connectivity index (χ0v) is 14.6. The SMILES string of the molecule is O=C([O-])[C@@H]1[C@@H](C(=O)c2ccccc2)[C@H]2CCCCC2=C2CCCC[C@@H]21. The first-order valence-electron chi connectivity index (χ1n) is 9.70. The van der Waals surface area contributed by atoms with Crippen LogP contribution in [0.4, 0.5) is 0 Å². The van der Waals surface area contributed by atoms with Crippen LogP contribution in [0.2, 0.25) is 0 Å². The number of ketones is 1. The summed E-state index contributed by atoms with van der Waals surface area (Å²) in [5, 5.41) is 12.1. The molecule has 1 aromatic carbocycles. The fourth-order valence-electron chi connectivity index (χ4n) is 5.62. The number of hydrogen-bond donors (Lipinski definition) is 0. The van der Waals surface area contributed by atoms with Gasteiger partial charge in [0.25, 0.3) is 0 Å². The summed E-state index contributed by atoms with van der Waals surface area (Å²) in [5.74, 6) is -2.01. The molecule has 25 heavy (non-hydrogen) atoms. The Hall–Kier alpha value is -1.90. The van der Waals surface area contributed by atoms with Crippen LogP contribution in [0.3, 0.4) is 0 Å². The van der Waals surface area contributed by atoms with Crippen LogP contribution in [0, 0.1) is 23.7 Å². The Bertz CT molecular complexity index is 703.